The molecule has 5 heteroatoms. The molecule has 2 heterocycles. The lowest BCUT2D eigenvalue weighted by atomic mass is 10.2. The summed E-state index contributed by atoms with van der Waals surface area (Å²) in [6.45, 7) is 2.05. The Morgan fingerprint density at radius 2 is 2.12 bits per heavy atom. The third-order valence-corrected chi connectivity index (χ3v) is 2.49. The average molecular weight is 213 g/mol. The minimum Gasteiger partial charge on any atom is -0.382 e. The summed E-state index contributed by atoms with van der Waals surface area (Å²) in [7, 11) is 0. The van der Waals surface area contributed by atoms with Gasteiger partial charge in [-0.05, 0) is 24.6 Å². The van der Waals surface area contributed by atoms with Crippen LogP contribution in [0.3, 0.4) is 0 Å². The topological polar surface area (TPSA) is 83.4 Å². The van der Waals surface area contributed by atoms with Crippen molar-refractivity contribution in [1.82, 2.24) is 20.2 Å². The lowest BCUT2D eigenvalue weighted by Gasteiger charge is -1.89. The zero-order valence-corrected chi connectivity index (χ0v) is 8.78. The minimum atomic E-state index is 0.464. The smallest absolute Gasteiger partial charge is 0.156 e. The number of rotatable bonds is 1. The Kier molecular flexibility index (Phi) is 1.73. The molecule has 0 aliphatic carbocycles. The molecule has 80 valence electrons. The monoisotopic (exact) mass is 213 g/mol. The molecule has 5 nitrogen and oxygen atoms in total. The molecule has 2 aromatic heterocycles. The van der Waals surface area contributed by atoms with Crippen LogP contribution in [0.2, 0.25) is 0 Å². The van der Waals surface area contributed by atoms with Crippen LogP contribution < -0.4 is 5.73 Å². The van der Waals surface area contributed by atoms with E-state index in [1.807, 2.05) is 19.1 Å². The summed E-state index contributed by atoms with van der Waals surface area (Å²) >= 11 is 0. The fourth-order valence-electron chi connectivity index (χ4n) is 1.71. The molecule has 0 bridgehead atoms. The van der Waals surface area contributed by atoms with Crippen LogP contribution in [0, 0.1) is 6.92 Å². The van der Waals surface area contributed by atoms with Gasteiger partial charge in [-0.15, -0.1) is 0 Å². The standard InChI is InChI=1S/C11H11N5/c1-6-2-3-7-8(4-6)14-11(13-7)9-5-10(12)16-15-9/h2-5H,1H3,(H,13,14)(H3,12,15,16). The van der Waals surface area contributed by atoms with Crippen LogP contribution in [-0.2, 0) is 0 Å². The summed E-state index contributed by atoms with van der Waals surface area (Å²) in [5, 5.41) is 6.70. The molecule has 0 saturated carbocycles. The number of nitrogens with two attached hydrogens (primary N) is 1. The molecule has 1 aromatic carbocycles. The number of fused-ring (bicyclic) bond motifs is 1. The Bertz CT molecular complexity index is 649. The van der Waals surface area contributed by atoms with E-state index in [4.69, 9.17) is 5.73 Å². The number of benzene rings is 1. The second kappa shape index (κ2) is 3.10. The lowest BCUT2D eigenvalue weighted by molar-refractivity contribution is 1.09. The SMILES string of the molecule is Cc1ccc2nc(-c3cc(N)n[nH]3)[nH]c2c1. The summed E-state index contributed by atoms with van der Waals surface area (Å²) in [5.74, 6) is 1.22. The first kappa shape index (κ1) is 8.96. The fraction of sp³-hybridized carbons (Fsp3) is 0.0909. The van der Waals surface area contributed by atoms with Crippen molar-refractivity contribution in [1.29, 1.82) is 0 Å². The molecule has 0 aliphatic rings. The van der Waals surface area contributed by atoms with Crippen LogP contribution in [-0.4, -0.2) is 20.2 Å². The van der Waals surface area contributed by atoms with Crippen LogP contribution in [0.5, 0.6) is 0 Å². The van der Waals surface area contributed by atoms with Gasteiger partial charge in [-0.2, -0.15) is 5.10 Å². The average Bonchev–Trinajstić information content (AvgIpc) is 2.83. The summed E-state index contributed by atoms with van der Waals surface area (Å²) in [6, 6.07) is 7.84. The van der Waals surface area contributed by atoms with Crippen LogP contribution in [0.15, 0.2) is 24.3 Å². The van der Waals surface area contributed by atoms with Crippen LogP contribution in [0.25, 0.3) is 22.6 Å². The zero-order chi connectivity index (χ0) is 11.1. The third kappa shape index (κ3) is 1.33. The molecule has 0 amide bonds. The molecule has 16 heavy (non-hydrogen) atoms. The first-order valence-corrected chi connectivity index (χ1v) is 5.00. The number of H-pyrrole nitrogens is 2. The normalized spacial score (nSPS) is 11.1. The molecule has 0 saturated heterocycles. The fourth-order valence-corrected chi connectivity index (χ4v) is 1.71. The van der Waals surface area contributed by atoms with E-state index >= 15 is 0 Å². The van der Waals surface area contributed by atoms with Crippen LogP contribution >= 0.6 is 0 Å². The summed E-state index contributed by atoms with van der Waals surface area (Å²) in [4.78, 5) is 7.68. The van der Waals surface area contributed by atoms with Gasteiger partial charge in [0, 0.05) is 6.07 Å². The maximum absolute atomic E-state index is 5.55. The van der Waals surface area contributed by atoms with E-state index in [1.165, 1.54) is 5.56 Å². The van der Waals surface area contributed by atoms with Crippen molar-refractivity contribution in [3.05, 3.63) is 29.8 Å². The molecule has 3 aromatic rings. The third-order valence-electron chi connectivity index (χ3n) is 2.49. The Morgan fingerprint density at radius 1 is 1.25 bits per heavy atom. The maximum Gasteiger partial charge on any atom is 0.156 e. The minimum absolute atomic E-state index is 0.464. The number of aromatic amines is 2. The maximum atomic E-state index is 5.55. The second-order valence-corrected chi connectivity index (χ2v) is 3.81. The highest BCUT2D eigenvalue weighted by atomic mass is 15.2. The number of nitrogens with one attached hydrogen (secondary N) is 2. The number of aromatic nitrogens is 4. The molecule has 0 atom stereocenters. The number of aryl methyl sites for hydroxylation is 1. The number of nitrogen functional groups attached to an aromatic ring is 1. The highest BCUT2D eigenvalue weighted by Gasteiger charge is 2.07. The molecule has 3 rings (SSSR count). The molecule has 0 aliphatic heterocycles. The van der Waals surface area contributed by atoms with E-state index in [0.717, 1.165) is 22.6 Å². The van der Waals surface area contributed by atoms with Crippen molar-refractivity contribution in [2.75, 3.05) is 5.73 Å². The predicted molar refractivity (Wildman–Crippen MR) is 62.8 cm³/mol. The number of hydrogen-bond donors (Lipinski definition) is 3. The van der Waals surface area contributed by atoms with Gasteiger partial charge in [-0.1, -0.05) is 6.07 Å². The molecular formula is C11H11N5. The quantitative estimate of drug-likeness (QED) is 0.576. The van der Waals surface area contributed by atoms with Gasteiger partial charge in [-0.3, -0.25) is 5.10 Å². The number of imidazole rings is 1. The Morgan fingerprint density at radius 3 is 2.88 bits per heavy atom. The largest absolute Gasteiger partial charge is 0.382 e. The van der Waals surface area contributed by atoms with Crippen molar-refractivity contribution in [3.63, 3.8) is 0 Å². The Hall–Kier alpha value is -2.30. The van der Waals surface area contributed by atoms with Gasteiger partial charge in [0.2, 0.25) is 0 Å². The van der Waals surface area contributed by atoms with E-state index < -0.39 is 0 Å². The van der Waals surface area contributed by atoms with Crippen molar-refractivity contribution in [2.45, 2.75) is 6.92 Å². The summed E-state index contributed by atoms with van der Waals surface area (Å²) < 4.78 is 0. The van der Waals surface area contributed by atoms with Crippen molar-refractivity contribution < 1.29 is 0 Å². The summed E-state index contributed by atoms with van der Waals surface area (Å²) in [5.41, 5.74) is 9.50. The number of anilines is 1. The molecule has 4 N–H and O–H groups in total. The van der Waals surface area contributed by atoms with E-state index in [-0.39, 0.29) is 0 Å². The Labute approximate surface area is 91.7 Å². The number of hydrogen-bond acceptors (Lipinski definition) is 3. The van der Waals surface area contributed by atoms with Gasteiger partial charge in [0.1, 0.15) is 11.5 Å². The predicted octanol–water partition coefficient (Wildman–Crippen LogP) is 1.84. The van der Waals surface area contributed by atoms with Gasteiger partial charge in [0.05, 0.1) is 11.0 Å². The van der Waals surface area contributed by atoms with Gasteiger partial charge in [0.25, 0.3) is 0 Å². The van der Waals surface area contributed by atoms with E-state index in [0.29, 0.717) is 5.82 Å². The van der Waals surface area contributed by atoms with Gasteiger partial charge in [0.15, 0.2) is 5.82 Å². The first-order valence-electron chi connectivity index (χ1n) is 5.00. The van der Waals surface area contributed by atoms with E-state index in [9.17, 15) is 0 Å². The molecule has 0 spiro atoms. The number of nitrogens with zero attached hydrogens (tertiary/aromatic N) is 2. The van der Waals surface area contributed by atoms with Gasteiger partial charge < -0.3 is 10.7 Å². The first-order chi connectivity index (χ1) is 7.72. The van der Waals surface area contributed by atoms with E-state index in [1.54, 1.807) is 6.07 Å². The molecule has 0 radical (unpaired) electrons. The Balaban J connectivity index is 2.18. The van der Waals surface area contributed by atoms with Crippen LogP contribution in [0.4, 0.5) is 5.82 Å². The molecule has 0 fully saturated rings. The van der Waals surface area contributed by atoms with Crippen molar-refractivity contribution in [3.8, 4) is 11.5 Å². The lowest BCUT2D eigenvalue weighted by Crippen LogP contribution is -1.81. The van der Waals surface area contributed by atoms with Crippen molar-refractivity contribution in [2.24, 2.45) is 0 Å². The van der Waals surface area contributed by atoms with Crippen molar-refractivity contribution >= 4 is 16.9 Å². The van der Waals surface area contributed by atoms with Crippen LogP contribution in [0.1, 0.15) is 5.56 Å². The molecule has 0 unspecified atom stereocenters. The second-order valence-electron chi connectivity index (χ2n) is 3.81. The zero-order valence-electron chi connectivity index (χ0n) is 8.78. The summed E-state index contributed by atoms with van der Waals surface area (Å²) in [6.07, 6.45) is 0. The highest BCUT2D eigenvalue weighted by Crippen LogP contribution is 2.20. The van der Waals surface area contributed by atoms with Gasteiger partial charge >= 0.3 is 0 Å². The van der Waals surface area contributed by atoms with Gasteiger partial charge in [-0.25, -0.2) is 4.98 Å². The van der Waals surface area contributed by atoms with E-state index in [2.05, 4.69) is 26.2 Å². The molecular weight excluding hydrogens is 202 g/mol. The highest BCUT2D eigenvalue weighted by molar-refractivity contribution is 5.79.